The Morgan fingerprint density at radius 3 is 2.55 bits per heavy atom. The molecule has 0 unspecified atom stereocenters. The molecule has 0 saturated carbocycles. The summed E-state index contributed by atoms with van der Waals surface area (Å²) in [7, 11) is 0. The zero-order valence-electron chi connectivity index (χ0n) is 20.5. The molecule has 2 atom stereocenters. The molecule has 1 aliphatic heterocycles. The SMILES string of the molecule is Cc1ccc(NC(=O)CCN2C(=S)N[C@@H](c3ccccn3)[C@H]2c2ccc(-c3ccc([N+](=O)[O-])cc3)o2)cc1. The van der Waals surface area contributed by atoms with Gasteiger partial charge in [0.1, 0.15) is 17.6 Å². The molecular weight excluding hydrogens is 502 g/mol. The van der Waals surface area contributed by atoms with Crippen molar-refractivity contribution in [2.24, 2.45) is 0 Å². The van der Waals surface area contributed by atoms with Gasteiger partial charge < -0.3 is 20.0 Å². The second kappa shape index (κ2) is 10.8. The van der Waals surface area contributed by atoms with Gasteiger partial charge in [-0.15, -0.1) is 0 Å². The van der Waals surface area contributed by atoms with Crippen LogP contribution in [0.4, 0.5) is 11.4 Å². The summed E-state index contributed by atoms with van der Waals surface area (Å²) < 4.78 is 6.26. The zero-order chi connectivity index (χ0) is 26.6. The summed E-state index contributed by atoms with van der Waals surface area (Å²) in [4.78, 5) is 29.8. The van der Waals surface area contributed by atoms with Gasteiger partial charge in [-0.3, -0.25) is 19.9 Å². The van der Waals surface area contributed by atoms with E-state index in [0.717, 1.165) is 16.9 Å². The molecule has 1 aliphatic rings. The highest BCUT2D eigenvalue weighted by Crippen LogP contribution is 2.40. The Morgan fingerprint density at radius 2 is 1.87 bits per heavy atom. The number of thiocarbonyl (C=S) groups is 1. The van der Waals surface area contributed by atoms with E-state index in [1.54, 1.807) is 18.3 Å². The van der Waals surface area contributed by atoms with Crippen molar-refractivity contribution in [3.8, 4) is 11.3 Å². The van der Waals surface area contributed by atoms with Gasteiger partial charge in [-0.1, -0.05) is 23.8 Å². The summed E-state index contributed by atoms with van der Waals surface area (Å²) >= 11 is 5.68. The van der Waals surface area contributed by atoms with Gasteiger partial charge in [0, 0.05) is 42.5 Å². The standard InChI is InChI=1S/C28H25N5O4S/c1-18-5-9-20(10-6-18)30-25(34)15-17-32-27(26(31-28(32)38)22-4-2-3-16-29-22)24-14-13-23(37-24)19-7-11-21(12-8-19)33(35)36/h2-14,16,26-27H,15,17H2,1H3,(H,30,34)(H,31,38)/t26-,27+/m0/s1. The number of anilines is 1. The second-order valence-corrected chi connectivity index (χ2v) is 9.38. The quantitative estimate of drug-likeness (QED) is 0.174. The Bertz CT molecular complexity index is 1450. The first-order valence-electron chi connectivity index (χ1n) is 12.1. The van der Waals surface area contributed by atoms with Crippen LogP contribution >= 0.6 is 12.2 Å². The number of hydrogen-bond donors (Lipinski definition) is 2. The van der Waals surface area contributed by atoms with Crippen LogP contribution in [0.1, 0.15) is 35.5 Å². The van der Waals surface area contributed by atoms with Crippen LogP contribution in [0.2, 0.25) is 0 Å². The van der Waals surface area contributed by atoms with Crippen LogP contribution in [-0.2, 0) is 4.79 Å². The molecule has 3 heterocycles. The minimum Gasteiger partial charge on any atom is -0.459 e. The highest BCUT2D eigenvalue weighted by molar-refractivity contribution is 7.80. The smallest absolute Gasteiger partial charge is 0.269 e. The molecule has 1 saturated heterocycles. The van der Waals surface area contributed by atoms with Crippen molar-refractivity contribution in [2.75, 3.05) is 11.9 Å². The zero-order valence-corrected chi connectivity index (χ0v) is 21.4. The number of furan rings is 1. The molecule has 2 N–H and O–H groups in total. The van der Waals surface area contributed by atoms with Crippen molar-refractivity contribution < 1.29 is 14.1 Å². The topological polar surface area (TPSA) is 114 Å². The van der Waals surface area contributed by atoms with E-state index in [0.29, 0.717) is 28.7 Å². The number of aromatic nitrogens is 1. The van der Waals surface area contributed by atoms with E-state index >= 15 is 0 Å². The summed E-state index contributed by atoms with van der Waals surface area (Å²) in [5.74, 6) is 1.09. The minimum absolute atomic E-state index is 0.0103. The van der Waals surface area contributed by atoms with Gasteiger partial charge in [-0.05, 0) is 67.7 Å². The highest BCUT2D eigenvalue weighted by Gasteiger charge is 2.41. The van der Waals surface area contributed by atoms with Gasteiger partial charge in [0.05, 0.1) is 16.7 Å². The highest BCUT2D eigenvalue weighted by atomic mass is 32.1. The maximum atomic E-state index is 12.7. The summed E-state index contributed by atoms with van der Waals surface area (Å²) in [6.07, 6.45) is 1.94. The molecule has 4 aromatic rings. The fourth-order valence-corrected chi connectivity index (χ4v) is 4.78. The molecule has 2 aromatic heterocycles. The van der Waals surface area contributed by atoms with Crippen molar-refractivity contribution >= 4 is 34.6 Å². The van der Waals surface area contributed by atoms with Gasteiger partial charge in [-0.25, -0.2) is 0 Å². The predicted molar refractivity (Wildman–Crippen MR) is 147 cm³/mol. The van der Waals surface area contributed by atoms with Crippen molar-refractivity contribution in [2.45, 2.75) is 25.4 Å². The number of nitro benzene ring substituents is 1. The van der Waals surface area contributed by atoms with Gasteiger partial charge in [0.2, 0.25) is 5.91 Å². The molecule has 1 amide bonds. The first kappa shape index (κ1) is 25.1. The minimum atomic E-state index is -0.438. The maximum Gasteiger partial charge on any atom is 0.269 e. The largest absolute Gasteiger partial charge is 0.459 e. The predicted octanol–water partition coefficient (Wildman–Crippen LogP) is 5.56. The van der Waals surface area contributed by atoms with Gasteiger partial charge >= 0.3 is 0 Å². The number of amides is 1. The molecule has 0 spiro atoms. The third-order valence-corrected chi connectivity index (χ3v) is 6.75. The van der Waals surface area contributed by atoms with E-state index < -0.39 is 4.92 Å². The molecule has 10 heteroatoms. The molecule has 2 aromatic carbocycles. The fourth-order valence-electron chi connectivity index (χ4n) is 4.45. The Balaban J connectivity index is 1.38. The van der Waals surface area contributed by atoms with E-state index in [1.165, 1.54) is 12.1 Å². The number of carbonyl (C=O) groups excluding carboxylic acids is 1. The van der Waals surface area contributed by atoms with Crippen LogP contribution < -0.4 is 10.6 Å². The van der Waals surface area contributed by atoms with Crippen LogP contribution in [0, 0.1) is 17.0 Å². The molecule has 0 radical (unpaired) electrons. The average Bonchev–Trinajstić information content (AvgIpc) is 3.54. The van der Waals surface area contributed by atoms with Crippen molar-refractivity contribution in [1.82, 2.24) is 15.2 Å². The number of benzene rings is 2. The normalized spacial score (nSPS) is 16.8. The number of nitrogens with zero attached hydrogens (tertiary/aromatic N) is 3. The van der Waals surface area contributed by atoms with Crippen LogP contribution in [0.3, 0.4) is 0 Å². The van der Waals surface area contributed by atoms with Crippen molar-refractivity contribution in [3.63, 3.8) is 0 Å². The Kier molecular flexibility index (Phi) is 7.14. The van der Waals surface area contributed by atoms with E-state index in [4.69, 9.17) is 16.6 Å². The Morgan fingerprint density at radius 1 is 1.11 bits per heavy atom. The summed E-state index contributed by atoms with van der Waals surface area (Å²) in [6.45, 7) is 2.36. The maximum absolute atomic E-state index is 12.7. The average molecular weight is 528 g/mol. The first-order chi connectivity index (χ1) is 18.4. The van der Waals surface area contributed by atoms with E-state index in [2.05, 4.69) is 15.6 Å². The Hall–Kier alpha value is -4.57. The van der Waals surface area contributed by atoms with Crippen LogP contribution in [0.25, 0.3) is 11.3 Å². The lowest BCUT2D eigenvalue weighted by Crippen LogP contribution is -2.32. The number of nitrogens with one attached hydrogen (secondary N) is 2. The molecule has 5 rings (SSSR count). The molecule has 0 bridgehead atoms. The molecule has 9 nitrogen and oxygen atoms in total. The number of nitro groups is 1. The van der Waals surface area contributed by atoms with E-state index in [9.17, 15) is 14.9 Å². The lowest BCUT2D eigenvalue weighted by Gasteiger charge is -2.25. The number of hydrogen-bond acceptors (Lipinski definition) is 6. The van der Waals surface area contributed by atoms with Crippen LogP contribution in [0.15, 0.2) is 89.5 Å². The summed E-state index contributed by atoms with van der Waals surface area (Å²) in [5.41, 5.74) is 3.38. The molecule has 0 aliphatic carbocycles. The lowest BCUT2D eigenvalue weighted by atomic mass is 10.0. The first-order valence-corrected chi connectivity index (χ1v) is 12.5. The molecule has 38 heavy (non-hydrogen) atoms. The second-order valence-electron chi connectivity index (χ2n) is 8.99. The van der Waals surface area contributed by atoms with Crippen LogP contribution in [0.5, 0.6) is 0 Å². The molecule has 192 valence electrons. The van der Waals surface area contributed by atoms with Crippen molar-refractivity contribution in [1.29, 1.82) is 0 Å². The third kappa shape index (κ3) is 5.40. The van der Waals surface area contributed by atoms with Gasteiger partial charge in [-0.2, -0.15) is 0 Å². The number of non-ortho nitro benzene ring substituents is 1. The monoisotopic (exact) mass is 527 g/mol. The number of carbonyl (C=O) groups is 1. The van der Waals surface area contributed by atoms with E-state index in [-0.39, 0.29) is 30.1 Å². The molecular formula is C28H25N5O4S. The summed E-state index contributed by atoms with van der Waals surface area (Å²) in [5, 5.41) is 17.8. The Labute approximate surface area is 224 Å². The number of aryl methyl sites for hydroxylation is 1. The van der Waals surface area contributed by atoms with Gasteiger partial charge in [0.25, 0.3) is 5.69 Å². The number of rotatable bonds is 8. The summed E-state index contributed by atoms with van der Waals surface area (Å²) in [6, 6.07) is 22.6. The van der Waals surface area contributed by atoms with E-state index in [1.807, 2.05) is 66.4 Å². The lowest BCUT2D eigenvalue weighted by molar-refractivity contribution is -0.384. The fraction of sp³-hybridized carbons (Fsp3) is 0.179. The van der Waals surface area contributed by atoms with Crippen molar-refractivity contribution in [3.05, 3.63) is 112 Å². The molecule has 1 fully saturated rings. The van der Waals surface area contributed by atoms with Crippen LogP contribution in [-0.4, -0.2) is 32.4 Å². The third-order valence-electron chi connectivity index (χ3n) is 6.39. The van der Waals surface area contributed by atoms with Gasteiger partial charge in [0.15, 0.2) is 5.11 Å². The number of pyridine rings is 1.